The van der Waals surface area contributed by atoms with Crippen LogP contribution in [0, 0.1) is 0 Å². The first-order valence-electron chi connectivity index (χ1n) is 5.72. The minimum Gasteiger partial charge on any atom is -0.390 e. The van der Waals surface area contributed by atoms with Gasteiger partial charge in [0.05, 0.1) is 5.60 Å². The van der Waals surface area contributed by atoms with Crippen molar-refractivity contribution in [3.05, 3.63) is 36.5 Å². The van der Waals surface area contributed by atoms with E-state index in [-0.39, 0.29) is 0 Å². The fourth-order valence-corrected chi connectivity index (χ4v) is 1.55. The number of hydrogen-bond donors (Lipinski definition) is 1. The van der Waals surface area contributed by atoms with E-state index in [1.165, 1.54) is 5.57 Å². The van der Waals surface area contributed by atoms with Gasteiger partial charge in [0.25, 0.3) is 0 Å². The van der Waals surface area contributed by atoms with Crippen molar-refractivity contribution < 1.29 is 5.11 Å². The van der Waals surface area contributed by atoms with Gasteiger partial charge in [-0.25, -0.2) is 0 Å². The minimum atomic E-state index is -0.535. The summed E-state index contributed by atoms with van der Waals surface area (Å²) in [7, 11) is 0. The van der Waals surface area contributed by atoms with Crippen LogP contribution in [0.5, 0.6) is 0 Å². The third-order valence-corrected chi connectivity index (χ3v) is 2.51. The molecule has 0 aromatic carbocycles. The van der Waals surface area contributed by atoms with E-state index in [1.807, 2.05) is 32.1 Å². The fourth-order valence-electron chi connectivity index (χ4n) is 1.55. The Hall–Kier alpha value is -0.820. The zero-order valence-electron chi connectivity index (χ0n) is 10.3. The van der Waals surface area contributed by atoms with E-state index in [0.29, 0.717) is 0 Å². The molecule has 86 valence electrons. The van der Waals surface area contributed by atoms with Gasteiger partial charge in [-0.3, -0.25) is 0 Å². The summed E-state index contributed by atoms with van der Waals surface area (Å²) < 4.78 is 0. The monoisotopic (exact) mass is 208 g/mol. The maximum absolute atomic E-state index is 10.0. The lowest BCUT2D eigenvalue weighted by Gasteiger charge is -2.22. The van der Waals surface area contributed by atoms with Crippen molar-refractivity contribution in [2.24, 2.45) is 0 Å². The Kier molecular flexibility index (Phi) is 7.06. The van der Waals surface area contributed by atoms with E-state index in [0.717, 1.165) is 25.7 Å². The Morgan fingerprint density at radius 3 is 2.53 bits per heavy atom. The molecule has 0 spiro atoms. The van der Waals surface area contributed by atoms with Gasteiger partial charge in [0.15, 0.2) is 0 Å². The lowest BCUT2D eigenvalue weighted by molar-refractivity contribution is 0.0418. The molecule has 0 bridgehead atoms. The third kappa shape index (κ3) is 7.15. The van der Waals surface area contributed by atoms with Crippen molar-refractivity contribution in [2.75, 3.05) is 0 Å². The SMILES string of the molecule is C=C/C(=C\C=C/C)CC[C@](C)(O)CCC. The molecule has 0 aromatic rings. The average Bonchev–Trinajstić information content (AvgIpc) is 2.18. The summed E-state index contributed by atoms with van der Waals surface area (Å²) in [5.41, 5.74) is 0.650. The molecular weight excluding hydrogens is 184 g/mol. The highest BCUT2D eigenvalue weighted by Gasteiger charge is 2.18. The van der Waals surface area contributed by atoms with Gasteiger partial charge in [0.2, 0.25) is 0 Å². The smallest absolute Gasteiger partial charge is 0.0622 e. The van der Waals surface area contributed by atoms with Crippen LogP contribution in [0.3, 0.4) is 0 Å². The molecule has 1 heteroatoms. The molecule has 1 N–H and O–H groups in total. The lowest BCUT2D eigenvalue weighted by atomic mass is 9.92. The summed E-state index contributed by atoms with van der Waals surface area (Å²) in [5.74, 6) is 0. The maximum Gasteiger partial charge on any atom is 0.0622 e. The van der Waals surface area contributed by atoms with Crippen molar-refractivity contribution in [2.45, 2.75) is 52.1 Å². The molecule has 0 rings (SSSR count). The van der Waals surface area contributed by atoms with Crippen LogP contribution >= 0.6 is 0 Å². The second-order valence-electron chi connectivity index (χ2n) is 4.22. The molecule has 0 amide bonds. The van der Waals surface area contributed by atoms with Gasteiger partial charge in [-0.05, 0) is 38.7 Å². The van der Waals surface area contributed by atoms with Gasteiger partial charge in [-0.15, -0.1) is 0 Å². The van der Waals surface area contributed by atoms with Crippen LogP contribution in [0.1, 0.15) is 46.5 Å². The first-order chi connectivity index (χ1) is 7.05. The summed E-state index contributed by atoms with van der Waals surface area (Å²) in [6.45, 7) is 9.77. The van der Waals surface area contributed by atoms with E-state index >= 15 is 0 Å². The molecule has 1 atom stereocenters. The number of allylic oxidation sites excluding steroid dienone is 5. The van der Waals surface area contributed by atoms with E-state index in [4.69, 9.17) is 0 Å². The number of hydrogen-bond acceptors (Lipinski definition) is 1. The quantitative estimate of drug-likeness (QED) is 0.627. The van der Waals surface area contributed by atoms with E-state index in [2.05, 4.69) is 19.6 Å². The van der Waals surface area contributed by atoms with Crippen molar-refractivity contribution in [3.63, 3.8) is 0 Å². The normalized spacial score (nSPS) is 16.7. The first-order valence-corrected chi connectivity index (χ1v) is 5.72. The van der Waals surface area contributed by atoms with Gasteiger partial charge < -0.3 is 5.11 Å². The summed E-state index contributed by atoms with van der Waals surface area (Å²) >= 11 is 0. The van der Waals surface area contributed by atoms with Gasteiger partial charge in [0, 0.05) is 0 Å². The second kappa shape index (κ2) is 7.47. The Morgan fingerprint density at radius 1 is 1.40 bits per heavy atom. The maximum atomic E-state index is 10.0. The van der Waals surface area contributed by atoms with E-state index in [9.17, 15) is 5.11 Å². The van der Waals surface area contributed by atoms with Gasteiger partial charge in [-0.1, -0.05) is 44.2 Å². The molecular formula is C14H24O. The highest BCUT2D eigenvalue weighted by molar-refractivity contribution is 5.22. The van der Waals surface area contributed by atoms with Crippen molar-refractivity contribution in [3.8, 4) is 0 Å². The predicted molar refractivity (Wildman–Crippen MR) is 67.9 cm³/mol. The lowest BCUT2D eigenvalue weighted by Crippen LogP contribution is -2.23. The molecule has 1 nitrogen and oxygen atoms in total. The summed E-state index contributed by atoms with van der Waals surface area (Å²) in [6.07, 6.45) is 11.5. The fraction of sp³-hybridized carbons (Fsp3) is 0.571. The van der Waals surface area contributed by atoms with E-state index in [1.54, 1.807) is 0 Å². The zero-order chi connectivity index (χ0) is 11.7. The summed E-state index contributed by atoms with van der Waals surface area (Å²) in [6, 6.07) is 0. The Morgan fingerprint density at radius 2 is 2.07 bits per heavy atom. The molecule has 0 aliphatic carbocycles. The van der Waals surface area contributed by atoms with Crippen LogP contribution in [-0.2, 0) is 0 Å². The molecule has 0 aliphatic heterocycles. The number of rotatable bonds is 7. The Balaban J connectivity index is 4.16. The predicted octanol–water partition coefficient (Wildman–Crippen LogP) is 4.01. The molecule has 0 unspecified atom stereocenters. The van der Waals surface area contributed by atoms with Crippen LogP contribution in [0.4, 0.5) is 0 Å². The standard InChI is InChI=1S/C14H24O/c1-5-8-9-13(7-3)10-12-14(4,15)11-6-2/h5,7-9,15H,3,6,10-12H2,1-2,4H3/b8-5-,13-9+/t14-/m1/s1. The number of aliphatic hydroxyl groups is 1. The van der Waals surface area contributed by atoms with Crippen molar-refractivity contribution in [1.29, 1.82) is 0 Å². The van der Waals surface area contributed by atoms with Crippen LogP contribution in [0.15, 0.2) is 36.5 Å². The molecule has 0 fully saturated rings. The van der Waals surface area contributed by atoms with Gasteiger partial charge in [0.1, 0.15) is 0 Å². The van der Waals surface area contributed by atoms with E-state index < -0.39 is 5.60 Å². The van der Waals surface area contributed by atoms with Crippen molar-refractivity contribution in [1.82, 2.24) is 0 Å². The van der Waals surface area contributed by atoms with Crippen molar-refractivity contribution >= 4 is 0 Å². The topological polar surface area (TPSA) is 20.2 Å². The molecule has 0 aliphatic rings. The van der Waals surface area contributed by atoms with Crippen LogP contribution in [-0.4, -0.2) is 10.7 Å². The first kappa shape index (κ1) is 14.2. The molecule has 0 radical (unpaired) electrons. The van der Waals surface area contributed by atoms with Crippen LogP contribution in [0.25, 0.3) is 0 Å². The Bertz CT molecular complexity index is 234. The third-order valence-electron chi connectivity index (χ3n) is 2.51. The minimum absolute atomic E-state index is 0.535. The largest absolute Gasteiger partial charge is 0.390 e. The van der Waals surface area contributed by atoms with Gasteiger partial charge in [-0.2, -0.15) is 0 Å². The zero-order valence-corrected chi connectivity index (χ0v) is 10.3. The average molecular weight is 208 g/mol. The molecule has 0 heterocycles. The highest BCUT2D eigenvalue weighted by atomic mass is 16.3. The molecule has 15 heavy (non-hydrogen) atoms. The van der Waals surface area contributed by atoms with Crippen LogP contribution < -0.4 is 0 Å². The van der Waals surface area contributed by atoms with Gasteiger partial charge >= 0.3 is 0 Å². The van der Waals surface area contributed by atoms with Crippen LogP contribution in [0.2, 0.25) is 0 Å². The summed E-state index contributed by atoms with van der Waals surface area (Å²) in [4.78, 5) is 0. The molecule has 0 saturated heterocycles. The highest BCUT2D eigenvalue weighted by Crippen LogP contribution is 2.21. The Labute approximate surface area is 94.2 Å². The summed E-state index contributed by atoms with van der Waals surface area (Å²) in [5, 5.41) is 10.0. The molecule has 0 saturated carbocycles. The molecule has 0 aromatic heterocycles. The second-order valence-corrected chi connectivity index (χ2v) is 4.22.